The van der Waals surface area contributed by atoms with Gasteiger partial charge in [-0.05, 0) is 109 Å². The third-order valence-electron chi connectivity index (χ3n) is 12.1. The first-order chi connectivity index (χ1) is 31.1. The van der Waals surface area contributed by atoms with Gasteiger partial charge in [0.05, 0.1) is 11.6 Å². The number of rotatable bonds is 6. The lowest BCUT2D eigenvalue weighted by Gasteiger charge is -2.12. The number of hydrogen-bond donors (Lipinski definition) is 0. The van der Waals surface area contributed by atoms with E-state index in [1.807, 2.05) is 97.1 Å². The number of hydrogen-bond acceptors (Lipinski definition) is 5. The van der Waals surface area contributed by atoms with Crippen molar-refractivity contribution in [1.29, 1.82) is 5.26 Å². The highest BCUT2D eigenvalue weighted by Crippen LogP contribution is 2.43. The van der Waals surface area contributed by atoms with Crippen LogP contribution in [0.4, 0.5) is 0 Å². The van der Waals surface area contributed by atoms with E-state index in [2.05, 4.69) is 115 Å². The van der Waals surface area contributed by atoms with Crippen LogP contribution in [-0.4, -0.2) is 15.0 Å². The Labute approximate surface area is 362 Å². The molecule has 0 aliphatic rings. The number of furan rings is 1. The normalized spacial score (nSPS) is 11.5. The second-order valence-electron chi connectivity index (χ2n) is 15.9. The monoisotopic (exact) mass is 802 g/mol. The Bertz CT molecular complexity index is 3740. The zero-order valence-electron chi connectivity index (χ0n) is 33.8. The molecule has 0 spiro atoms. The molecule has 2 heterocycles. The Morgan fingerprint density at radius 2 is 0.810 bits per heavy atom. The molecule has 0 aliphatic heterocycles. The van der Waals surface area contributed by atoms with Crippen molar-refractivity contribution in [3.8, 4) is 73.6 Å². The van der Waals surface area contributed by atoms with Crippen LogP contribution in [0.5, 0.6) is 0 Å². The van der Waals surface area contributed by atoms with Crippen molar-refractivity contribution in [3.05, 3.63) is 212 Å². The van der Waals surface area contributed by atoms with Crippen LogP contribution in [0.1, 0.15) is 5.56 Å². The van der Waals surface area contributed by atoms with Crippen LogP contribution in [-0.2, 0) is 0 Å². The first-order valence-electron chi connectivity index (χ1n) is 21.0. The van der Waals surface area contributed by atoms with Gasteiger partial charge in [-0.3, -0.25) is 0 Å². The maximum atomic E-state index is 9.36. The fraction of sp³-hybridized carbons (Fsp3) is 0. The van der Waals surface area contributed by atoms with Gasteiger partial charge >= 0.3 is 0 Å². The molecular formula is C58H34N4O. The lowest BCUT2D eigenvalue weighted by atomic mass is 9.91. The molecule has 0 aliphatic carbocycles. The largest absolute Gasteiger partial charge is 0.455 e. The average molecular weight is 803 g/mol. The van der Waals surface area contributed by atoms with Gasteiger partial charge in [0.15, 0.2) is 17.5 Å². The number of fused-ring (bicyclic) bond motifs is 9. The molecule has 0 N–H and O–H groups in total. The van der Waals surface area contributed by atoms with Crippen LogP contribution in [0.2, 0.25) is 0 Å². The molecule has 5 nitrogen and oxygen atoms in total. The van der Waals surface area contributed by atoms with Crippen LogP contribution in [0, 0.1) is 11.3 Å². The lowest BCUT2D eigenvalue weighted by Crippen LogP contribution is -2.00. The van der Waals surface area contributed by atoms with E-state index in [1.165, 1.54) is 5.39 Å². The van der Waals surface area contributed by atoms with E-state index < -0.39 is 0 Å². The van der Waals surface area contributed by atoms with Gasteiger partial charge in [-0.1, -0.05) is 158 Å². The maximum Gasteiger partial charge on any atom is 0.164 e. The topological polar surface area (TPSA) is 75.6 Å². The smallest absolute Gasteiger partial charge is 0.164 e. The van der Waals surface area contributed by atoms with Crippen molar-refractivity contribution in [3.63, 3.8) is 0 Å². The first kappa shape index (κ1) is 36.2. The molecule has 0 saturated heterocycles. The molecule has 12 rings (SSSR count). The van der Waals surface area contributed by atoms with E-state index in [1.54, 1.807) is 0 Å². The van der Waals surface area contributed by atoms with E-state index in [4.69, 9.17) is 19.4 Å². The van der Waals surface area contributed by atoms with Crippen LogP contribution in [0.3, 0.4) is 0 Å². The maximum absolute atomic E-state index is 9.36. The molecule has 0 fully saturated rings. The van der Waals surface area contributed by atoms with Gasteiger partial charge in [0.2, 0.25) is 0 Å². The minimum Gasteiger partial charge on any atom is -0.455 e. The highest BCUT2D eigenvalue weighted by atomic mass is 16.3. The predicted octanol–water partition coefficient (Wildman–Crippen LogP) is 15.1. The molecule has 0 atom stereocenters. The van der Waals surface area contributed by atoms with Crippen molar-refractivity contribution < 1.29 is 4.42 Å². The van der Waals surface area contributed by atoms with Crippen LogP contribution >= 0.6 is 0 Å². The third-order valence-corrected chi connectivity index (χ3v) is 12.1. The molecule has 0 saturated carbocycles. The van der Waals surface area contributed by atoms with E-state index in [-0.39, 0.29) is 0 Å². The van der Waals surface area contributed by atoms with Gasteiger partial charge in [-0.2, -0.15) is 5.26 Å². The van der Waals surface area contributed by atoms with Crippen LogP contribution < -0.4 is 0 Å². The van der Waals surface area contributed by atoms with Crippen molar-refractivity contribution in [2.75, 3.05) is 0 Å². The van der Waals surface area contributed by atoms with Crippen molar-refractivity contribution in [2.24, 2.45) is 0 Å². The molecular weight excluding hydrogens is 769 g/mol. The molecule has 292 valence electrons. The quantitative estimate of drug-likeness (QED) is 0.157. The number of nitriles is 1. The van der Waals surface area contributed by atoms with Crippen molar-refractivity contribution in [2.45, 2.75) is 0 Å². The second-order valence-corrected chi connectivity index (χ2v) is 15.9. The van der Waals surface area contributed by atoms with Crippen molar-refractivity contribution in [1.82, 2.24) is 15.0 Å². The summed E-state index contributed by atoms with van der Waals surface area (Å²) in [6.45, 7) is 0. The summed E-state index contributed by atoms with van der Waals surface area (Å²) >= 11 is 0. The second kappa shape index (κ2) is 14.8. The molecule has 63 heavy (non-hydrogen) atoms. The molecule has 0 unspecified atom stereocenters. The minimum atomic E-state index is 0.631. The molecule has 10 aromatic carbocycles. The van der Waals surface area contributed by atoms with Gasteiger partial charge in [-0.15, -0.1) is 0 Å². The van der Waals surface area contributed by atoms with E-state index in [9.17, 15) is 5.26 Å². The van der Waals surface area contributed by atoms with E-state index >= 15 is 0 Å². The summed E-state index contributed by atoms with van der Waals surface area (Å²) in [6, 6.07) is 73.6. The van der Waals surface area contributed by atoms with E-state index in [0.29, 0.717) is 23.0 Å². The molecule has 0 radical (unpaired) electrons. The Balaban J connectivity index is 0.918. The Morgan fingerprint density at radius 1 is 0.333 bits per heavy atom. The number of nitrogens with zero attached hydrogens (tertiary/aromatic N) is 4. The number of para-hydroxylation sites is 1. The Morgan fingerprint density at radius 3 is 1.46 bits per heavy atom. The number of aromatic nitrogens is 3. The summed E-state index contributed by atoms with van der Waals surface area (Å²) in [6.07, 6.45) is 0. The van der Waals surface area contributed by atoms with Crippen molar-refractivity contribution >= 4 is 54.3 Å². The Hall–Kier alpha value is -8.72. The predicted molar refractivity (Wildman–Crippen MR) is 257 cm³/mol. The van der Waals surface area contributed by atoms with Gasteiger partial charge in [0, 0.05) is 32.8 Å². The average Bonchev–Trinajstić information content (AvgIpc) is 3.77. The third kappa shape index (κ3) is 6.37. The zero-order valence-corrected chi connectivity index (χ0v) is 33.8. The van der Waals surface area contributed by atoms with E-state index in [0.717, 1.165) is 98.9 Å². The summed E-state index contributed by atoms with van der Waals surface area (Å²) in [5, 5.41) is 18.4. The summed E-state index contributed by atoms with van der Waals surface area (Å²) in [5.41, 5.74) is 11.8. The highest BCUT2D eigenvalue weighted by molar-refractivity contribution is 6.31. The molecule has 2 aromatic heterocycles. The summed E-state index contributed by atoms with van der Waals surface area (Å²) in [7, 11) is 0. The molecule has 0 amide bonds. The standard InChI is InChI=1S/C58H34N4O/c59-35-36-18-20-37(21-19-36)45-26-28-48-49-29-27-46(34-52(49)55-54(51(48)33-45)50-16-7-8-17-53(50)63-55)44-25-24-42-30-41(22-23-43(42)31-44)40-14-9-15-47(32-40)58-61-56(38-10-3-1-4-11-38)60-57(62-58)39-12-5-2-6-13-39/h1-34H. The van der Waals surface area contributed by atoms with Gasteiger partial charge < -0.3 is 4.42 Å². The fourth-order valence-corrected chi connectivity index (χ4v) is 8.93. The SMILES string of the molecule is N#Cc1ccc(-c2ccc3c4ccc(-c5ccc6cc(-c7cccc(-c8nc(-c9ccccc9)nc(-c9ccccc9)n8)c7)ccc6c5)cc4c4oc5ccccc5c4c3c2)cc1. The van der Waals surface area contributed by atoms with Crippen LogP contribution in [0.25, 0.3) is 122 Å². The lowest BCUT2D eigenvalue weighted by molar-refractivity contribution is 0.673. The van der Waals surface area contributed by atoms with Crippen LogP contribution in [0.15, 0.2) is 211 Å². The summed E-state index contributed by atoms with van der Waals surface area (Å²) < 4.78 is 6.71. The zero-order chi connectivity index (χ0) is 41.9. The Kier molecular flexibility index (Phi) is 8.48. The molecule has 12 aromatic rings. The van der Waals surface area contributed by atoms with Gasteiger partial charge in [-0.25, -0.2) is 15.0 Å². The summed E-state index contributed by atoms with van der Waals surface area (Å²) in [5.74, 6) is 1.91. The minimum absolute atomic E-state index is 0.631. The summed E-state index contributed by atoms with van der Waals surface area (Å²) in [4.78, 5) is 14.8. The molecule has 0 bridgehead atoms. The van der Waals surface area contributed by atoms with Gasteiger partial charge in [0.1, 0.15) is 11.2 Å². The first-order valence-corrected chi connectivity index (χ1v) is 21.0. The highest BCUT2D eigenvalue weighted by Gasteiger charge is 2.18. The van der Waals surface area contributed by atoms with Gasteiger partial charge in [0.25, 0.3) is 0 Å². The molecule has 5 heteroatoms. The number of benzene rings is 10. The fourth-order valence-electron chi connectivity index (χ4n) is 8.93.